The van der Waals surface area contributed by atoms with E-state index >= 15 is 0 Å². The summed E-state index contributed by atoms with van der Waals surface area (Å²) in [6.45, 7) is 5.55. The number of fused-ring (bicyclic) bond motifs is 1. The average molecular weight is 423 g/mol. The summed E-state index contributed by atoms with van der Waals surface area (Å²) in [6, 6.07) is 16.5. The number of rotatable bonds is 5. The zero-order valence-electron chi connectivity index (χ0n) is 17.2. The van der Waals surface area contributed by atoms with Gasteiger partial charge in [-0.3, -0.25) is 4.98 Å². The number of hydrogen-bond donors (Lipinski definition) is 2. The van der Waals surface area contributed by atoms with Crippen LogP contribution in [0, 0.1) is 0 Å². The van der Waals surface area contributed by atoms with E-state index in [1.54, 1.807) is 13.3 Å². The van der Waals surface area contributed by atoms with Crippen molar-refractivity contribution in [3.8, 4) is 5.75 Å². The first kappa shape index (κ1) is 20.4. The van der Waals surface area contributed by atoms with E-state index in [0.717, 1.165) is 48.6 Å². The molecule has 1 fully saturated rings. The van der Waals surface area contributed by atoms with Crippen molar-refractivity contribution in [3.63, 3.8) is 0 Å². The third kappa shape index (κ3) is 4.47. The number of ether oxygens (including phenoxy) is 2. The van der Waals surface area contributed by atoms with Crippen LogP contribution >= 0.6 is 12.2 Å². The number of methoxy groups -OCH3 is 1. The molecule has 1 saturated heterocycles. The number of benzene rings is 2. The number of nitrogens with one attached hydrogen (secondary N) is 2. The molecule has 2 N–H and O–H groups in total. The largest absolute Gasteiger partial charge is 0.494 e. The lowest BCUT2D eigenvalue weighted by molar-refractivity contribution is 0.122. The summed E-state index contributed by atoms with van der Waals surface area (Å²) in [6.07, 6.45) is 1.76. The van der Waals surface area contributed by atoms with E-state index in [1.165, 1.54) is 11.3 Å². The predicted octanol–water partition coefficient (Wildman–Crippen LogP) is 4.13. The fraction of sp³-hybridized carbons (Fsp3) is 0.304. The molecule has 2 aromatic carbocycles. The molecule has 7 heteroatoms. The Hall–Kier alpha value is -2.90. The van der Waals surface area contributed by atoms with Gasteiger partial charge >= 0.3 is 0 Å². The highest BCUT2D eigenvalue weighted by atomic mass is 32.1. The molecule has 0 amide bonds. The standard InChI is InChI=1S/C23H26N4O2S/c1-16(17-5-7-18(8-6-17)27-12-14-29-15-13-27)25-23(30)26-20-9-10-21(28-2)22-19(20)4-3-11-24-22/h3-11,16H,12-15H2,1-2H3,(H2,25,26,30)/t16-/m0/s1. The Balaban J connectivity index is 1.42. The van der Waals surface area contributed by atoms with E-state index < -0.39 is 0 Å². The van der Waals surface area contributed by atoms with Gasteiger partial charge in [0.15, 0.2) is 5.11 Å². The number of nitrogens with zero attached hydrogens (tertiary/aromatic N) is 2. The van der Waals surface area contributed by atoms with Gasteiger partial charge in [0.05, 0.1) is 26.4 Å². The molecule has 0 spiro atoms. The van der Waals surface area contributed by atoms with Crippen LogP contribution in [0.15, 0.2) is 54.7 Å². The highest BCUT2D eigenvalue weighted by molar-refractivity contribution is 7.80. The Kier molecular flexibility index (Phi) is 6.30. The summed E-state index contributed by atoms with van der Waals surface area (Å²) in [5.74, 6) is 0.740. The highest BCUT2D eigenvalue weighted by Crippen LogP contribution is 2.29. The molecule has 3 aromatic rings. The van der Waals surface area contributed by atoms with E-state index in [-0.39, 0.29) is 6.04 Å². The van der Waals surface area contributed by atoms with Gasteiger partial charge in [-0.1, -0.05) is 12.1 Å². The van der Waals surface area contributed by atoms with Gasteiger partial charge in [0.1, 0.15) is 11.3 Å². The zero-order chi connectivity index (χ0) is 20.9. The number of pyridine rings is 1. The maximum absolute atomic E-state index is 5.57. The first-order chi connectivity index (χ1) is 14.7. The molecule has 1 atom stereocenters. The quantitative estimate of drug-likeness (QED) is 0.600. The van der Waals surface area contributed by atoms with E-state index in [0.29, 0.717) is 5.11 Å². The lowest BCUT2D eigenvalue weighted by atomic mass is 10.1. The fourth-order valence-corrected chi connectivity index (χ4v) is 3.94. The van der Waals surface area contributed by atoms with Crippen molar-refractivity contribution in [2.75, 3.05) is 43.6 Å². The van der Waals surface area contributed by atoms with Gasteiger partial charge in [-0.25, -0.2) is 0 Å². The molecular formula is C23H26N4O2S. The highest BCUT2D eigenvalue weighted by Gasteiger charge is 2.13. The normalized spacial score (nSPS) is 14.9. The molecule has 1 aliphatic rings. The van der Waals surface area contributed by atoms with Gasteiger partial charge in [-0.05, 0) is 61.1 Å². The van der Waals surface area contributed by atoms with Crippen LogP contribution in [-0.2, 0) is 4.74 Å². The van der Waals surface area contributed by atoms with Crippen LogP contribution in [0.25, 0.3) is 10.9 Å². The molecule has 1 aromatic heterocycles. The molecule has 0 radical (unpaired) electrons. The van der Waals surface area contributed by atoms with Crippen molar-refractivity contribution in [1.82, 2.24) is 10.3 Å². The third-order valence-corrected chi connectivity index (χ3v) is 5.54. The third-order valence-electron chi connectivity index (χ3n) is 5.32. The second kappa shape index (κ2) is 9.28. The van der Waals surface area contributed by atoms with Crippen LogP contribution in [0.3, 0.4) is 0 Å². The van der Waals surface area contributed by atoms with Gasteiger partial charge in [-0.2, -0.15) is 0 Å². The Bertz CT molecular complexity index is 1020. The summed E-state index contributed by atoms with van der Waals surface area (Å²) in [7, 11) is 1.65. The fourth-order valence-electron chi connectivity index (χ4n) is 3.65. The monoisotopic (exact) mass is 422 g/mol. The van der Waals surface area contributed by atoms with Gasteiger partial charge in [-0.15, -0.1) is 0 Å². The van der Waals surface area contributed by atoms with Gasteiger partial charge in [0.2, 0.25) is 0 Å². The minimum Gasteiger partial charge on any atom is -0.494 e. The molecule has 1 aliphatic heterocycles. The van der Waals surface area contributed by atoms with Gasteiger partial charge < -0.3 is 25.0 Å². The van der Waals surface area contributed by atoms with Crippen molar-refractivity contribution >= 4 is 39.6 Å². The second-order valence-electron chi connectivity index (χ2n) is 7.23. The lowest BCUT2D eigenvalue weighted by Gasteiger charge is -2.29. The van der Waals surface area contributed by atoms with Gasteiger partial charge in [0, 0.05) is 36.0 Å². The van der Waals surface area contributed by atoms with Crippen LogP contribution < -0.4 is 20.3 Å². The van der Waals surface area contributed by atoms with Gasteiger partial charge in [0.25, 0.3) is 0 Å². The number of hydrogen-bond acceptors (Lipinski definition) is 5. The van der Waals surface area contributed by atoms with Crippen molar-refractivity contribution in [1.29, 1.82) is 0 Å². The molecule has 0 saturated carbocycles. The van der Waals surface area contributed by atoms with Crippen molar-refractivity contribution in [2.45, 2.75) is 13.0 Å². The zero-order valence-corrected chi connectivity index (χ0v) is 18.0. The Labute approximate surface area is 182 Å². The molecule has 30 heavy (non-hydrogen) atoms. The first-order valence-electron chi connectivity index (χ1n) is 10.1. The lowest BCUT2D eigenvalue weighted by Crippen LogP contribution is -2.36. The van der Waals surface area contributed by atoms with E-state index in [2.05, 4.69) is 51.7 Å². The maximum Gasteiger partial charge on any atom is 0.171 e. The van der Waals surface area contributed by atoms with Crippen LogP contribution in [-0.4, -0.2) is 43.5 Å². The minimum atomic E-state index is 0.0753. The first-order valence-corrected chi connectivity index (χ1v) is 10.5. The Morgan fingerprint density at radius 1 is 1.13 bits per heavy atom. The maximum atomic E-state index is 5.57. The molecule has 0 bridgehead atoms. The summed E-state index contributed by atoms with van der Waals surface area (Å²) in [5.41, 5.74) is 4.11. The smallest absolute Gasteiger partial charge is 0.171 e. The molecule has 6 nitrogen and oxygen atoms in total. The molecule has 4 rings (SSSR count). The molecule has 0 unspecified atom stereocenters. The second-order valence-corrected chi connectivity index (χ2v) is 7.63. The van der Waals surface area contributed by atoms with Crippen molar-refractivity contribution < 1.29 is 9.47 Å². The average Bonchev–Trinajstić information content (AvgIpc) is 2.80. The number of aromatic nitrogens is 1. The van der Waals surface area contributed by atoms with Crippen LogP contribution in [0.1, 0.15) is 18.5 Å². The molecular weight excluding hydrogens is 396 g/mol. The van der Waals surface area contributed by atoms with Crippen LogP contribution in [0.2, 0.25) is 0 Å². The number of anilines is 2. The summed E-state index contributed by atoms with van der Waals surface area (Å²) in [4.78, 5) is 6.78. The molecule has 2 heterocycles. The van der Waals surface area contributed by atoms with E-state index in [4.69, 9.17) is 21.7 Å². The Morgan fingerprint density at radius 3 is 2.63 bits per heavy atom. The predicted molar refractivity (Wildman–Crippen MR) is 126 cm³/mol. The topological polar surface area (TPSA) is 58.7 Å². The van der Waals surface area contributed by atoms with Crippen molar-refractivity contribution in [3.05, 3.63) is 60.3 Å². The van der Waals surface area contributed by atoms with E-state index in [9.17, 15) is 0 Å². The summed E-state index contributed by atoms with van der Waals surface area (Å²) >= 11 is 5.57. The SMILES string of the molecule is COc1ccc(NC(=S)N[C@@H](C)c2ccc(N3CCOCC3)cc2)c2cccnc12. The van der Waals surface area contributed by atoms with Crippen LogP contribution in [0.4, 0.5) is 11.4 Å². The molecule has 0 aliphatic carbocycles. The summed E-state index contributed by atoms with van der Waals surface area (Å²) in [5, 5.41) is 8.20. The van der Waals surface area contributed by atoms with Crippen LogP contribution in [0.5, 0.6) is 5.75 Å². The summed E-state index contributed by atoms with van der Waals surface area (Å²) < 4.78 is 10.8. The van der Waals surface area contributed by atoms with E-state index in [1.807, 2.05) is 24.3 Å². The number of morpholine rings is 1. The number of thiocarbonyl (C=S) groups is 1. The van der Waals surface area contributed by atoms with Crippen molar-refractivity contribution in [2.24, 2.45) is 0 Å². The minimum absolute atomic E-state index is 0.0753. The molecule has 156 valence electrons. The Morgan fingerprint density at radius 2 is 1.90 bits per heavy atom.